The maximum atomic E-state index is 11.0. The molecule has 0 aromatic carbocycles. The highest BCUT2D eigenvalue weighted by molar-refractivity contribution is 6.30. The Kier molecular flexibility index (Phi) is 4.76. The van der Waals surface area contributed by atoms with E-state index in [1.807, 2.05) is 18.7 Å². The maximum Gasteiger partial charge on any atom is 0.223 e. The van der Waals surface area contributed by atoms with Gasteiger partial charge in [0.1, 0.15) is 23.0 Å². The van der Waals surface area contributed by atoms with Crippen LogP contribution in [0.1, 0.15) is 34.7 Å². The summed E-state index contributed by atoms with van der Waals surface area (Å²) in [5.74, 6) is 1.57. The van der Waals surface area contributed by atoms with Crippen LogP contribution in [0.2, 0.25) is 5.15 Å². The first-order chi connectivity index (χ1) is 12.0. The SMILES string of the molecule is COc1c(C)cnc(CN2C[C@@H](CC=O)c3c(Cl)nc(N)nc32)c1C. The summed E-state index contributed by atoms with van der Waals surface area (Å²) in [6, 6.07) is 0. The van der Waals surface area contributed by atoms with E-state index in [9.17, 15) is 4.79 Å². The smallest absolute Gasteiger partial charge is 0.223 e. The summed E-state index contributed by atoms with van der Waals surface area (Å²) >= 11 is 6.26. The van der Waals surface area contributed by atoms with Crippen molar-refractivity contribution in [2.75, 3.05) is 24.3 Å². The average molecular weight is 362 g/mol. The van der Waals surface area contributed by atoms with Gasteiger partial charge in [-0.3, -0.25) is 4.98 Å². The Labute approximate surface area is 151 Å². The molecule has 2 N–H and O–H groups in total. The number of nitrogens with zero attached hydrogens (tertiary/aromatic N) is 4. The number of aromatic nitrogens is 3. The molecule has 132 valence electrons. The molecule has 2 aromatic heterocycles. The highest BCUT2D eigenvalue weighted by Gasteiger charge is 2.33. The molecule has 0 radical (unpaired) electrons. The van der Waals surface area contributed by atoms with Gasteiger partial charge in [-0.15, -0.1) is 0 Å². The normalized spacial score (nSPS) is 16.0. The molecule has 0 amide bonds. The van der Waals surface area contributed by atoms with Crippen LogP contribution in [-0.4, -0.2) is 34.9 Å². The predicted molar refractivity (Wildman–Crippen MR) is 96.2 cm³/mol. The van der Waals surface area contributed by atoms with E-state index in [0.717, 1.165) is 34.4 Å². The van der Waals surface area contributed by atoms with Crippen molar-refractivity contribution in [1.82, 2.24) is 15.0 Å². The van der Waals surface area contributed by atoms with Crippen molar-refractivity contribution in [2.45, 2.75) is 32.7 Å². The lowest BCUT2D eigenvalue weighted by atomic mass is 10.0. The van der Waals surface area contributed by atoms with Crippen molar-refractivity contribution in [3.63, 3.8) is 0 Å². The average Bonchev–Trinajstić information content (AvgIpc) is 2.89. The molecule has 2 aromatic rings. The minimum Gasteiger partial charge on any atom is -0.496 e. The zero-order chi connectivity index (χ0) is 18.1. The summed E-state index contributed by atoms with van der Waals surface area (Å²) in [5.41, 5.74) is 9.39. The van der Waals surface area contributed by atoms with Crippen molar-refractivity contribution < 1.29 is 9.53 Å². The van der Waals surface area contributed by atoms with E-state index < -0.39 is 0 Å². The number of nitrogen functional groups attached to an aromatic ring is 1. The molecule has 0 fully saturated rings. The Bertz CT molecular complexity index is 827. The first-order valence-electron chi connectivity index (χ1n) is 7.96. The molecule has 0 aliphatic carbocycles. The highest BCUT2D eigenvalue weighted by atomic mass is 35.5. The number of pyridine rings is 1. The first-order valence-corrected chi connectivity index (χ1v) is 8.34. The number of aldehydes is 1. The molecule has 1 atom stereocenters. The molecule has 0 saturated heterocycles. The fourth-order valence-corrected chi connectivity index (χ4v) is 3.67. The second kappa shape index (κ2) is 6.84. The molecule has 3 heterocycles. The van der Waals surface area contributed by atoms with E-state index in [4.69, 9.17) is 22.1 Å². The second-order valence-corrected chi connectivity index (χ2v) is 6.49. The number of hydrogen-bond acceptors (Lipinski definition) is 7. The summed E-state index contributed by atoms with van der Waals surface area (Å²) in [5, 5.41) is 0.308. The number of ether oxygens (including phenoxy) is 1. The summed E-state index contributed by atoms with van der Waals surface area (Å²) in [6.07, 6.45) is 3.05. The van der Waals surface area contributed by atoms with Crippen LogP contribution in [0, 0.1) is 13.8 Å². The number of methoxy groups -OCH3 is 1. The van der Waals surface area contributed by atoms with Crippen LogP contribution in [0.5, 0.6) is 5.75 Å². The van der Waals surface area contributed by atoms with Gasteiger partial charge in [0.25, 0.3) is 0 Å². The van der Waals surface area contributed by atoms with Crippen molar-refractivity contribution in [1.29, 1.82) is 0 Å². The lowest BCUT2D eigenvalue weighted by Crippen LogP contribution is -2.23. The number of nitrogens with two attached hydrogens (primary N) is 1. The van der Waals surface area contributed by atoms with Gasteiger partial charge in [-0.1, -0.05) is 11.6 Å². The van der Waals surface area contributed by atoms with E-state index in [2.05, 4.69) is 15.0 Å². The zero-order valence-electron chi connectivity index (χ0n) is 14.4. The number of aryl methyl sites for hydroxylation is 1. The van der Waals surface area contributed by atoms with Crippen LogP contribution in [0.15, 0.2) is 6.20 Å². The molecular formula is C17H20ClN5O2. The van der Waals surface area contributed by atoms with Crippen molar-refractivity contribution in [2.24, 2.45) is 0 Å². The first kappa shape index (κ1) is 17.4. The van der Waals surface area contributed by atoms with Crippen molar-refractivity contribution in [3.05, 3.63) is 33.7 Å². The lowest BCUT2D eigenvalue weighted by Gasteiger charge is -2.21. The summed E-state index contributed by atoms with van der Waals surface area (Å²) < 4.78 is 5.48. The monoisotopic (exact) mass is 361 g/mol. The minimum absolute atomic E-state index is 0.0479. The fraction of sp³-hybridized carbons (Fsp3) is 0.412. The Hall–Kier alpha value is -2.41. The van der Waals surface area contributed by atoms with Crippen LogP contribution in [-0.2, 0) is 11.3 Å². The quantitative estimate of drug-likeness (QED) is 0.645. The van der Waals surface area contributed by atoms with Gasteiger partial charge in [0.2, 0.25) is 5.95 Å². The largest absolute Gasteiger partial charge is 0.496 e. The van der Waals surface area contributed by atoms with E-state index >= 15 is 0 Å². The fourth-order valence-electron chi connectivity index (χ4n) is 3.34. The highest BCUT2D eigenvalue weighted by Crippen LogP contribution is 2.41. The third-order valence-electron chi connectivity index (χ3n) is 4.52. The van der Waals surface area contributed by atoms with Crippen LogP contribution in [0.25, 0.3) is 0 Å². The molecule has 0 spiro atoms. The van der Waals surface area contributed by atoms with Gasteiger partial charge in [0, 0.05) is 41.8 Å². The Morgan fingerprint density at radius 2 is 2.20 bits per heavy atom. The van der Waals surface area contributed by atoms with E-state index in [1.165, 1.54) is 0 Å². The van der Waals surface area contributed by atoms with Gasteiger partial charge in [0.15, 0.2) is 0 Å². The van der Waals surface area contributed by atoms with Crippen molar-refractivity contribution >= 4 is 29.7 Å². The van der Waals surface area contributed by atoms with E-state index in [1.54, 1.807) is 13.3 Å². The molecule has 0 unspecified atom stereocenters. The number of halogens is 1. The molecule has 0 saturated carbocycles. The summed E-state index contributed by atoms with van der Waals surface area (Å²) in [4.78, 5) is 26.0. The molecule has 1 aliphatic rings. The van der Waals surface area contributed by atoms with Crippen LogP contribution in [0.3, 0.4) is 0 Å². The topological polar surface area (TPSA) is 94.2 Å². The predicted octanol–water partition coefficient (Wildman–Crippen LogP) is 2.43. The third-order valence-corrected chi connectivity index (χ3v) is 4.80. The van der Waals surface area contributed by atoms with E-state index in [-0.39, 0.29) is 11.9 Å². The van der Waals surface area contributed by atoms with Gasteiger partial charge >= 0.3 is 0 Å². The van der Waals surface area contributed by atoms with Crippen molar-refractivity contribution in [3.8, 4) is 5.75 Å². The maximum absolute atomic E-state index is 11.0. The lowest BCUT2D eigenvalue weighted by molar-refractivity contribution is -0.108. The van der Waals surface area contributed by atoms with Gasteiger partial charge < -0.3 is 20.2 Å². The number of carbonyl (C=O) groups excluding carboxylic acids is 1. The Morgan fingerprint density at radius 1 is 1.44 bits per heavy atom. The molecule has 8 heteroatoms. The molecule has 7 nitrogen and oxygen atoms in total. The van der Waals surface area contributed by atoms with Gasteiger partial charge in [-0.2, -0.15) is 4.98 Å². The Morgan fingerprint density at radius 3 is 2.88 bits per heavy atom. The number of rotatable bonds is 5. The number of hydrogen-bond donors (Lipinski definition) is 1. The molecule has 25 heavy (non-hydrogen) atoms. The molecule has 0 bridgehead atoms. The van der Waals surface area contributed by atoms with Gasteiger partial charge in [-0.05, 0) is 13.8 Å². The van der Waals surface area contributed by atoms with Crippen LogP contribution >= 0.6 is 11.6 Å². The third kappa shape index (κ3) is 3.11. The summed E-state index contributed by atoms with van der Waals surface area (Å²) in [6.45, 7) is 5.08. The molecule has 1 aliphatic heterocycles. The molecule has 3 rings (SSSR count). The van der Waals surface area contributed by atoms with Gasteiger partial charge in [-0.25, -0.2) is 4.98 Å². The second-order valence-electron chi connectivity index (χ2n) is 6.14. The molecular weight excluding hydrogens is 342 g/mol. The van der Waals surface area contributed by atoms with Crippen LogP contribution in [0.4, 0.5) is 11.8 Å². The van der Waals surface area contributed by atoms with Gasteiger partial charge in [0.05, 0.1) is 19.3 Å². The number of fused-ring (bicyclic) bond motifs is 1. The zero-order valence-corrected chi connectivity index (χ0v) is 15.2. The summed E-state index contributed by atoms with van der Waals surface area (Å²) in [7, 11) is 1.65. The van der Waals surface area contributed by atoms with E-state index in [0.29, 0.717) is 30.5 Å². The Balaban J connectivity index is 1.99. The standard InChI is InChI=1S/C17H20ClN5O2/c1-9-6-20-12(10(2)14(9)25-3)8-23-7-11(4-5-24)13-15(18)21-17(19)22-16(13)23/h5-6,11H,4,7-8H2,1-3H3,(H2,19,21,22)/t11-/m1/s1. The minimum atomic E-state index is -0.0479. The number of anilines is 2. The van der Waals surface area contributed by atoms with Crippen LogP contribution < -0.4 is 15.4 Å². The number of carbonyl (C=O) groups is 1.